The minimum absolute atomic E-state index is 0.325. The van der Waals surface area contributed by atoms with E-state index in [0.29, 0.717) is 6.04 Å². The molecule has 2 rings (SSSR count). The highest BCUT2D eigenvalue weighted by Gasteiger charge is 2.11. The molecule has 2 aromatic rings. The van der Waals surface area contributed by atoms with Crippen LogP contribution in [0, 0.1) is 0 Å². The van der Waals surface area contributed by atoms with Crippen molar-refractivity contribution in [3.8, 4) is 5.75 Å². The third kappa shape index (κ3) is 4.09. The third-order valence-electron chi connectivity index (χ3n) is 3.30. The quantitative estimate of drug-likeness (QED) is 0.848. The van der Waals surface area contributed by atoms with Gasteiger partial charge in [-0.05, 0) is 48.4 Å². The second-order valence-corrected chi connectivity index (χ2v) is 5.63. The summed E-state index contributed by atoms with van der Waals surface area (Å²) in [5.74, 6) is 0.899. The standard InChI is InChI=1S/C17H20BrNO/c1-3-19-17(14-5-4-6-15(18)12-14)11-13-7-9-16(20-2)10-8-13/h4-10,12,17,19H,3,11H2,1-2H3. The van der Waals surface area contributed by atoms with E-state index in [9.17, 15) is 0 Å². The second kappa shape index (κ2) is 7.46. The largest absolute Gasteiger partial charge is 0.497 e. The van der Waals surface area contributed by atoms with Crippen molar-refractivity contribution < 1.29 is 4.74 Å². The number of hydrogen-bond donors (Lipinski definition) is 1. The molecule has 0 aliphatic rings. The highest BCUT2D eigenvalue weighted by atomic mass is 79.9. The molecule has 0 aliphatic heterocycles. The van der Waals surface area contributed by atoms with E-state index in [0.717, 1.165) is 23.2 Å². The number of nitrogens with one attached hydrogen (secondary N) is 1. The van der Waals surface area contributed by atoms with Crippen LogP contribution < -0.4 is 10.1 Å². The predicted octanol–water partition coefficient (Wildman–Crippen LogP) is 4.35. The van der Waals surface area contributed by atoms with Gasteiger partial charge in [-0.3, -0.25) is 0 Å². The van der Waals surface area contributed by atoms with Crippen LogP contribution in [0.15, 0.2) is 53.0 Å². The molecule has 106 valence electrons. The monoisotopic (exact) mass is 333 g/mol. The molecule has 1 unspecified atom stereocenters. The van der Waals surface area contributed by atoms with Crippen molar-refractivity contribution in [3.63, 3.8) is 0 Å². The van der Waals surface area contributed by atoms with Crippen molar-refractivity contribution in [2.75, 3.05) is 13.7 Å². The summed E-state index contributed by atoms with van der Waals surface area (Å²) in [6.45, 7) is 3.09. The van der Waals surface area contributed by atoms with E-state index < -0.39 is 0 Å². The lowest BCUT2D eigenvalue weighted by Crippen LogP contribution is -2.22. The van der Waals surface area contributed by atoms with Gasteiger partial charge >= 0.3 is 0 Å². The van der Waals surface area contributed by atoms with Crippen LogP contribution in [-0.4, -0.2) is 13.7 Å². The van der Waals surface area contributed by atoms with Crippen LogP contribution >= 0.6 is 15.9 Å². The van der Waals surface area contributed by atoms with Gasteiger partial charge in [-0.2, -0.15) is 0 Å². The first-order valence-electron chi connectivity index (χ1n) is 6.84. The Hall–Kier alpha value is -1.32. The normalized spacial score (nSPS) is 12.2. The minimum Gasteiger partial charge on any atom is -0.497 e. The number of rotatable bonds is 6. The molecule has 0 amide bonds. The molecule has 0 saturated carbocycles. The van der Waals surface area contributed by atoms with E-state index >= 15 is 0 Å². The van der Waals surface area contributed by atoms with E-state index in [1.165, 1.54) is 11.1 Å². The molecule has 0 bridgehead atoms. The Morgan fingerprint density at radius 3 is 2.50 bits per heavy atom. The van der Waals surface area contributed by atoms with E-state index in [4.69, 9.17) is 4.74 Å². The molecule has 2 nitrogen and oxygen atoms in total. The molecule has 0 spiro atoms. The maximum atomic E-state index is 5.20. The average Bonchev–Trinajstić information content (AvgIpc) is 2.47. The predicted molar refractivity (Wildman–Crippen MR) is 87.3 cm³/mol. The van der Waals surface area contributed by atoms with E-state index in [1.807, 2.05) is 12.1 Å². The molecule has 0 heterocycles. The highest BCUT2D eigenvalue weighted by molar-refractivity contribution is 9.10. The molecule has 0 aliphatic carbocycles. The van der Waals surface area contributed by atoms with Crippen molar-refractivity contribution >= 4 is 15.9 Å². The summed E-state index contributed by atoms with van der Waals surface area (Å²) in [5.41, 5.74) is 2.61. The summed E-state index contributed by atoms with van der Waals surface area (Å²) in [5, 5.41) is 3.55. The van der Waals surface area contributed by atoms with Gasteiger partial charge in [-0.15, -0.1) is 0 Å². The number of ether oxygens (including phenoxy) is 1. The van der Waals surface area contributed by atoms with E-state index in [2.05, 4.69) is 64.6 Å². The Balaban J connectivity index is 2.16. The van der Waals surface area contributed by atoms with Crippen LogP contribution in [0.25, 0.3) is 0 Å². The number of methoxy groups -OCH3 is 1. The third-order valence-corrected chi connectivity index (χ3v) is 3.79. The zero-order chi connectivity index (χ0) is 14.4. The van der Waals surface area contributed by atoms with E-state index in [-0.39, 0.29) is 0 Å². The molecule has 1 N–H and O–H groups in total. The smallest absolute Gasteiger partial charge is 0.118 e. The van der Waals surface area contributed by atoms with Gasteiger partial charge in [0.25, 0.3) is 0 Å². The summed E-state index contributed by atoms with van der Waals surface area (Å²) in [7, 11) is 1.69. The molecule has 0 radical (unpaired) electrons. The molecule has 0 aromatic heterocycles. The van der Waals surface area contributed by atoms with Crippen LogP contribution in [0.5, 0.6) is 5.75 Å². The first-order valence-corrected chi connectivity index (χ1v) is 7.64. The number of hydrogen-bond acceptors (Lipinski definition) is 2. The lowest BCUT2D eigenvalue weighted by Gasteiger charge is -2.19. The van der Waals surface area contributed by atoms with Crippen LogP contribution in [-0.2, 0) is 6.42 Å². The van der Waals surface area contributed by atoms with Crippen LogP contribution in [0.3, 0.4) is 0 Å². The molecule has 2 aromatic carbocycles. The van der Waals surface area contributed by atoms with Crippen LogP contribution in [0.1, 0.15) is 24.1 Å². The topological polar surface area (TPSA) is 21.3 Å². The molecule has 0 fully saturated rings. The van der Waals surface area contributed by atoms with Crippen molar-refractivity contribution in [1.82, 2.24) is 5.32 Å². The van der Waals surface area contributed by atoms with Crippen molar-refractivity contribution in [3.05, 3.63) is 64.1 Å². The molecule has 1 atom stereocenters. The first-order chi connectivity index (χ1) is 9.72. The van der Waals surface area contributed by atoms with Crippen molar-refractivity contribution in [1.29, 1.82) is 0 Å². The molecular weight excluding hydrogens is 314 g/mol. The average molecular weight is 334 g/mol. The van der Waals surface area contributed by atoms with Gasteiger partial charge in [-0.1, -0.05) is 47.1 Å². The maximum Gasteiger partial charge on any atom is 0.118 e. The highest BCUT2D eigenvalue weighted by Crippen LogP contribution is 2.23. The number of halogens is 1. The molecular formula is C17H20BrNO. The Kier molecular flexibility index (Phi) is 5.62. The number of likely N-dealkylation sites (N-methyl/N-ethyl adjacent to an activating group) is 1. The lowest BCUT2D eigenvalue weighted by molar-refractivity contribution is 0.414. The summed E-state index contributed by atoms with van der Waals surface area (Å²) in [6.07, 6.45) is 0.967. The van der Waals surface area contributed by atoms with Crippen molar-refractivity contribution in [2.24, 2.45) is 0 Å². The van der Waals surface area contributed by atoms with Gasteiger partial charge in [0, 0.05) is 10.5 Å². The van der Waals surface area contributed by atoms with Gasteiger partial charge in [0.1, 0.15) is 5.75 Å². The lowest BCUT2D eigenvalue weighted by atomic mass is 9.99. The second-order valence-electron chi connectivity index (χ2n) is 4.72. The fourth-order valence-corrected chi connectivity index (χ4v) is 2.69. The SMILES string of the molecule is CCNC(Cc1ccc(OC)cc1)c1cccc(Br)c1. The van der Waals surface area contributed by atoms with Gasteiger partial charge in [0.2, 0.25) is 0 Å². The zero-order valence-corrected chi connectivity index (χ0v) is 13.5. The van der Waals surface area contributed by atoms with Gasteiger partial charge in [0.05, 0.1) is 7.11 Å². The summed E-state index contributed by atoms with van der Waals surface area (Å²) in [6, 6.07) is 17.1. The molecule has 20 heavy (non-hydrogen) atoms. The minimum atomic E-state index is 0.325. The fourth-order valence-electron chi connectivity index (χ4n) is 2.27. The van der Waals surface area contributed by atoms with Gasteiger partial charge < -0.3 is 10.1 Å². The Morgan fingerprint density at radius 2 is 1.90 bits per heavy atom. The van der Waals surface area contributed by atoms with Gasteiger partial charge in [-0.25, -0.2) is 0 Å². The summed E-state index contributed by atoms with van der Waals surface area (Å²) >= 11 is 3.54. The maximum absolute atomic E-state index is 5.20. The Morgan fingerprint density at radius 1 is 1.15 bits per heavy atom. The molecule has 3 heteroatoms. The molecule has 0 saturated heterocycles. The Labute approximate surface area is 129 Å². The summed E-state index contributed by atoms with van der Waals surface area (Å²) in [4.78, 5) is 0. The van der Waals surface area contributed by atoms with E-state index in [1.54, 1.807) is 7.11 Å². The zero-order valence-electron chi connectivity index (χ0n) is 11.9. The van der Waals surface area contributed by atoms with Crippen LogP contribution in [0.2, 0.25) is 0 Å². The summed E-state index contributed by atoms with van der Waals surface area (Å²) < 4.78 is 6.32. The first kappa shape index (κ1) is 15.1. The van der Waals surface area contributed by atoms with Crippen molar-refractivity contribution in [2.45, 2.75) is 19.4 Å². The van der Waals surface area contributed by atoms with Gasteiger partial charge in [0.15, 0.2) is 0 Å². The number of benzene rings is 2. The fraction of sp³-hybridized carbons (Fsp3) is 0.294. The Bertz CT molecular complexity index is 539. The van der Waals surface area contributed by atoms with Crippen LogP contribution in [0.4, 0.5) is 0 Å².